The molecule has 0 spiro atoms. The van der Waals surface area contributed by atoms with E-state index in [1.165, 1.54) is 0 Å². The Morgan fingerprint density at radius 1 is 0.972 bits per heavy atom. The lowest BCUT2D eigenvalue weighted by Gasteiger charge is -2.23. The van der Waals surface area contributed by atoms with Crippen molar-refractivity contribution in [3.05, 3.63) is 101 Å². The zero-order valence-electron chi connectivity index (χ0n) is 20.5. The van der Waals surface area contributed by atoms with Gasteiger partial charge in [-0.2, -0.15) is 5.10 Å². The molecule has 0 N–H and O–H groups in total. The molecule has 0 unspecified atom stereocenters. The molecular formula is C28H28ClN3O4. The molecule has 1 heterocycles. The van der Waals surface area contributed by atoms with Crippen molar-refractivity contribution in [1.29, 1.82) is 0 Å². The minimum atomic E-state index is -0.136. The molecule has 0 aliphatic carbocycles. The third-order valence-electron chi connectivity index (χ3n) is 5.69. The van der Waals surface area contributed by atoms with Gasteiger partial charge in [0.25, 0.3) is 5.91 Å². The van der Waals surface area contributed by atoms with Crippen molar-refractivity contribution in [2.24, 2.45) is 0 Å². The first-order valence-electron chi connectivity index (χ1n) is 11.5. The molecule has 0 radical (unpaired) electrons. The van der Waals surface area contributed by atoms with E-state index in [4.69, 9.17) is 30.9 Å². The first kappa shape index (κ1) is 25.3. The number of benzene rings is 3. The van der Waals surface area contributed by atoms with E-state index in [-0.39, 0.29) is 12.5 Å². The molecule has 7 nitrogen and oxygen atoms in total. The van der Waals surface area contributed by atoms with E-state index < -0.39 is 0 Å². The normalized spacial score (nSPS) is 10.8. The molecule has 8 heteroatoms. The van der Waals surface area contributed by atoms with E-state index in [0.29, 0.717) is 41.1 Å². The van der Waals surface area contributed by atoms with Gasteiger partial charge in [0.15, 0.2) is 0 Å². The van der Waals surface area contributed by atoms with Gasteiger partial charge in [0.05, 0.1) is 37.2 Å². The fourth-order valence-electron chi connectivity index (χ4n) is 3.77. The standard InChI is InChI=1S/C28H28ClN3O4/c1-20-26(19-31(16-17-34-2)27(33)21-12-14-22(29)15-13-21)28(32(30-20)23-8-5-4-6-9-23)36-25-11-7-10-24(18-25)35-3/h4-15,18H,16-17,19H2,1-3H3. The Hall–Kier alpha value is -3.81. The summed E-state index contributed by atoms with van der Waals surface area (Å²) in [5, 5.41) is 5.34. The quantitative estimate of drug-likeness (QED) is 0.267. The second-order valence-corrected chi connectivity index (χ2v) is 8.56. The van der Waals surface area contributed by atoms with E-state index in [2.05, 4.69) is 0 Å². The van der Waals surface area contributed by atoms with Crippen LogP contribution >= 0.6 is 11.6 Å². The Labute approximate surface area is 215 Å². The van der Waals surface area contributed by atoms with Gasteiger partial charge < -0.3 is 19.1 Å². The molecule has 0 bridgehead atoms. The van der Waals surface area contributed by atoms with Crippen LogP contribution in [0.1, 0.15) is 21.6 Å². The highest BCUT2D eigenvalue weighted by molar-refractivity contribution is 6.30. The number of rotatable bonds is 10. The van der Waals surface area contributed by atoms with Gasteiger partial charge in [-0.15, -0.1) is 0 Å². The number of para-hydroxylation sites is 1. The predicted molar refractivity (Wildman–Crippen MR) is 139 cm³/mol. The number of ether oxygens (including phenoxy) is 3. The predicted octanol–water partition coefficient (Wildman–Crippen LogP) is 5.92. The number of hydrogen-bond acceptors (Lipinski definition) is 5. The summed E-state index contributed by atoms with van der Waals surface area (Å²) < 4.78 is 18.8. The van der Waals surface area contributed by atoms with Gasteiger partial charge in [-0.3, -0.25) is 4.79 Å². The van der Waals surface area contributed by atoms with Crippen LogP contribution in [0.4, 0.5) is 0 Å². The van der Waals surface area contributed by atoms with Gasteiger partial charge in [-0.1, -0.05) is 35.9 Å². The minimum Gasteiger partial charge on any atom is -0.497 e. The molecule has 4 aromatic rings. The number of aromatic nitrogens is 2. The number of amides is 1. The molecule has 0 saturated carbocycles. The van der Waals surface area contributed by atoms with Crippen molar-refractivity contribution < 1.29 is 19.0 Å². The summed E-state index contributed by atoms with van der Waals surface area (Å²) >= 11 is 6.03. The lowest BCUT2D eigenvalue weighted by Crippen LogP contribution is -2.33. The first-order valence-corrected chi connectivity index (χ1v) is 11.9. The van der Waals surface area contributed by atoms with E-state index in [9.17, 15) is 4.79 Å². The summed E-state index contributed by atoms with van der Waals surface area (Å²) in [6.45, 7) is 2.97. The molecule has 0 aliphatic heterocycles. The van der Waals surface area contributed by atoms with Gasteiger partial charge in [0, 0.05) is 30.3 Å². The van der Waals surface area contributed by atoms with Gasteiger partial charge in [0.1, 0.15) is 11.5 Å². The van der Waals surface area contributed by atoms with Gasteiger partial charge in [-0.05, 0) is 55.5 Å². The highest BCUT2D eigenvalue weighted by atomic mass is 35.5. The van der Waals surface area contributed by atoms with Crippen molar-refractivity contribution in [1.82, 2.24) is 14.7 Å². The lowest BCUT2D eigenvalue weighted by atomic mass is 10.1. The van der Waals surface area contributed by atoms with E-state index in [1.54, 1.807) is 48.1 Å². The van der Waals surface area contributed by atoms with Crippen LogP contribution in [0.25, 0.3) is 5.69 Å². The molecule has 0 aliphatic rings. The van der Waals surface area contributed by atoms with E-state index in [0.717, 1.165) is 16.9 Å². The summed E-state index contributed by atoms with van der Waals surface area (Å²) in [6.07, 6.45) is 0. The van der Waals surface area contributed by atoms with Crippen LogP contribution in [-0.4, -0.2) is 48.0 Å². The highest BCUT2D eigenvalue weighted by Gasteiger charge is 2.24. The molecule has 1 aromatic heterocycles. The van der Waals surface area contributed by atoms with Crippen molar-refractivity contribution >= 4 is 17.5 Å². The lowest BCUT2D eigenvalue weighted by molar-refractivity contribution is 0.0679. The second kappa shape index (κ2) is 11.7. The topological polar surface area (TPSA) is 65.8 Å². The average molecular weight is 506 g/mol. The zero-order valence-corrected chi connectivity index (χ0v) is 21.2. The Balaban J connectivity index is 1.75. The molecular weight excluding hydrogens is 478 g/mol. The summed E-state index contributed by atoms with van der Waals surface area (Å²) in [4.78, 5) is 15.2. The molecule has 3 aromatic carbocycles. The number of nitrogens with zero attached hydrogens (tertiary/aromatic N) is 3. The van der Waals surface area contributed by atoms with Crippen LogP contribution in [0.5, 0.6) is 17.4 Å². The van der Waals surface area contributed by atoms with Gasteiger partial charge >= 0.3 is 0 Å². The summed E-state index contributed by atoms with van der Waals surface area (Å²) in [5.41, 5.74) is 2.93. The molecule has 36 heavy (non-hydrogen) atoms. The van der Waals surface area contributed by atoms with E-state index >= 15 is 0 Å². The SMILES string of the molecule is COCCN(Cc1c(C)nn(-c2ccccc2)c1Oc1cccc(OC)c1)C(=O)c1ccc(Cl)cc1. The van der Waals surface area contributed by atoms with Gasteiger partial charge in [0.2, 0.25) is 5.88 Å². The number of hydrogen-bond donors (Lipinski definition) is 0. The van der Waals surface area contributed by atoms with Crippen LogP contribution in [0.3, 0.4) is 0 Å². The number of aryl methyl sites for hydroxylation is 1. The van der Waals surface area contributed by atoms with Crippen molar-refractivity contribution in [3.8, 4) is 23.1 Å². The molecule has 0 saturated heterocycles. The second-order valence-electron chi connectivity index (χ2n) is 8.12. The Morgan fingerprint density at radius 2 is 1.69 bits per heavy atom. The summed E-state index contributed by atoms with van der Waals surface area (Å²) in [7, 11) is 3.22. The molecule has 0 atom stereocenters. The number of halogens is 1. The Kier molecular flexibility index (Phi) is 8.25. The summed E-state index contributed by atoms with van der Waals surface area (Å²) in [5.74, 6) is 1.66. The minimum absolute atomic E-state index is 0.136. The Morgan fingerprint density at radius 3 is 2.39 bits per heavy atom. The van der Waals surface area contributed by atoms with Crippen LogP contribution in [-0.2, 0) is 11.3 Å². The maximum atomic E-state index is 13.5. The molecule has 0 fully saturated rings. The van der Waals surface area contributed by atoms with Crippen molar-refractivity contribution in [3.63, 3.8) is 0 Å². The smallest absolute Gasteiger partial charge is 0.254 e. The number of methoxy groups -OCH3 is 2. The van der Waals surface area contributed by atoms with Crippen molar-refractivity contribution in [2.75, 3.05) is 27.4 Å². The number of carbonyl (C=O) groups excluding carboxylic acids is 1. The van der Waals surface area contributed by atoms with Gasteiger partial charge in [-0.25, -0.2) is 4.68 Å². The fourth-order valence-corrected chi connectivity index (χ4v) is 3.89. The molecule has 4 rings (SSSR count). The molecule has 186 valence electrons. The summed E-state index contributed by atoms with van der Waals surface area (Å²) in [6, 6.07) is 24.0. The van der Waals surface area contributed by atoms with Crippen LogP contribution in [0.2, 0.25) is 5.02 Å². The van der Waals surface area contributed by atoms with E-state index in [1.807, 2.05) is 61.5 Å². The third kappa shape index (κ3) is 5.87. The fraction of sp³-hybridized carbons (Fsp3) is 0.214. The highest BCUT2D eigenvalue weighted by Crippen LogP contribution is 2.33. The maximum absolute atomic E-state index is 13.5. The average Bonchev–Trinajstić information content (AvgIpc) is 3.21. The first-order chi connectivity index (χ1) is 17.5. The van der Waals surface area contributed by atoms with Crippen LogP contribution in [0, 0.1) is 6.92 Å². The number of carbonyl (C=O) groups is 1. The third-order valence-corrected chi connectivity index (χ3v) is 5.94. The molecule has 1 amide bonds. The zero-order chi connectivity index (χ0) is 25.5. The largest absolute Gasteiger partial charge is 0.497 e. The maximum Gasteiger partial charge on any atom is 0.254 e. The van der Waals surface area contributed by atoms with Crippen LogP contribution in [0.15, 0.2) is 78.9 Å². The monoisotopic (exact) mass is 505 g/mol. The van der Waals surface area contributed by atoms with Crippen LogP contribution < -0.4 is 9.47 Å². The Bertz CT molecular complexity index is 1310. The van der Waals surface area contributed by atoms with Crippen molar-refractivity contribution in [2.45, 2.75) is 13.5 Å².